The summed E-state index contributed by atoms with van der Waals surface area (Å²) in [6.45, 7) is 0. The summed E-state index contributed by atoms with van der Waals surface area (Å²) in [5.41, 5.74) is 5.89. The van der Waals surface area contributed by atoms with Crippen molar-refractivity contribution in [3.8, 4) is 16.8 Å². The lowest BCUT2D eigenvalue weighted by Crippen LogP contribution is -1.93. The molecule has 5 rings (SSSR count). The fourth-order valence-corrected chi connectivity index (χ4v) is 4.11. The number of fused-ring (bicyclic) bond motifs is 3. The van der Waals surface area contributed by atoms with E-state index in [1.54, 1.807) is 0 Å². The SMILES string of the molecule is O=[PH2]c1ccc(-c2ccc3c(c2)c2ccccc2n3-c2ccccc2)cc1. The van der Waals surface area contributed by atoms with Crippen molar-refractivity contribution in [3.05, 3.63) is 97.1 Å². The molecular weight excluding hydrogens is 349 g/mol. The van der Waals surface area contributed by atoms with Crippen LogP contribution in [0.25, 0.3) is 38.6 Å². The maximum atomic E-state index is 11.1. The number of nitrogens with zero attached hydrogens (tertiary/aromatic N) is 1. The van der Waals surface area contributed by atoms with E-state index in [1.807, 2.05) is 18.2 Å². The molecule has 0 fully saturated rings. The van der Waals surface area contributed by atoms with Gasteiger partial charge in [-0.25, -0.2) is 0 Å². The summed E-state index contributed by atoms with van der Waals surface area (Å²) in [6.07, 6.45) is 0. The Balaban J connectivity index is 1.78. The second kappa shape index (κ2) is 6.57. The third-order valence-electron chi connectivity index (χ3n) is 5.07. The van der Waals surface area contributed by atoms with Gasteiger partial charge in [0.05, 0.1) is 19.5 Å². The maximum Gasteiger partial charge on any atom is 0.0921 e. The average molecular weight is 367 g/mol. The van der Waals surface area contributed by atoms with Crippen molar-refractivity contribution < 1.29 is 4.57 Å². The number of aromatic nitrogens is 1. The Morgan fingerprint density at radius 3 is 2.04 bits per heavy atom. The Morgan fingerprint density at radius 2 is 1.26 bits per heavy atom. The lowest BCUT2D eigenvalue weighted by atomic mass is 10.0. The van der Waals surface area contributed by atoms with Crippen molar-refractivity contribution in [3.63, 3.8) is 0 Å². The van der Waals surface area contributed by atoms with Gasteiger partial charge in [0.1, 0.15) is 0 Å². The molecule has 0 aliphatic carbocycles. The highest BCUT2D eigenvalue weighted by Gasteiger charge is 2.12. The molecule has 0 saturated carbocycles. The molecule has 5 aromatic rings. The van der Waals surface area contributed by atoms with Gasteiger partial charge in [-0.15, -0.1) is 0 Å². The van der Waals surface area contributed by atoms with E-state index >= 15 is 0 Å². The number of hydrogen-bond acceptors (Lipinski definition) is 1. The van der Waals surface area contributed by atoms with Gasteiger partial charge in [-0.05, 0) is 41.5 Å². The summed E-state index contributed by atoms with van der Waals surface area (Å²) in [4.78, 5) is 0. The van der Waals surface area contributed by atoms with E-state index in [9.17, 15) is 4.57 Å². The van der Waals surface area contributed by atoms with Crippen molar-refractivity contribution in [1.29, 1.82) is 0 Å². The second-order valence-corrected chi connectivity index (χ2v) is 7.56. The highest BCUT2D eigenvalue weighted by Crippen LogP contribution is 2.34. The van der Waals surface area contributed by atoms with Crippen LogP contribution >= 0.6 is 8.46 Å². The molecule has 0 aliphatic heterocycles. The monoisotopic (exact) mass is 367 g/mol. The van der Waals surface area contributed by atoms with Crippen LogP contribution in [0.1, 0.15) is 0 Å². The first-order chi connectivity index (χ1) is 13.3. The van der Waals surface area contributed by atoms with Gasteiger partial charge in [-0.3, -0.25) is 0 Å². The summed E-state index contributed by atoms with van der Waals surface area (Å²) in [5.74, 6) is 0. The molecule has 0 amide bonds. The lowest BCUT2D eigenvalue weighted by molar-refractivity contribution is 0.603. The van der Waals surface area contributed by atoms with Crippen LogP contribution in [-0.4, -0.2) is 4.57 Å². The molecule has 0 N–H and O–H groups in total. The minimum absolute atomic E-state index is 0.878. The smallest absolute Gasteiger partial charge is 0.0921 e. The molecule has 1 atom stereocenters. The Morgan fingerprint density at radius 1 is 0.593 bits per heavy atom. The van der Waals surface area contributed by atoms with Crippen LogP contribution in [-0.2, 0) is 4.57 Å². The van der Waals surface area contributed by atoms with Gasteiger partial charge in [-0.1, -0.05) is 66.7 Å². The van der Waals surface area contributed by atoms with Crippen LogP contribution in [0.15, 0.2) is 97.1 Å². The van der Waals surface area contributed by atoms with E-state index in [2.05, 4.69) is 83.4 Å². The van der Waals surface area contributed by atoms with Crippen molar-refractivity contribution >= 4 is 35.6 Å². The fraction of sp³-hybridized carbons (Fsp3) is 0. The van der Waals surface area contributed by atoms with E-state index in [0.29, 0.717) is 0 Å². The van der Waals surface area contributed by atoms with Gasteiger partial charge in [0.2, 0.25) is 0 Å². The average Bonchev–Trinajstić information content (AvgIpc) is 3.08. The Labute approximate surface area is 158 Å². The fourth-order valence-electron chi connectivity index (χ4n) is 3.76. The molecule has 2 nitrogen and oxygen atoms in total. The molecule has 1 aromatic heterocycles. The number of para-hydroxylation sites is 2. The van der Waals surface area contributed by atoms with Crippen LogP contribution in [0.5, 0.6) is 0 Å². The summed E-state index contributed by atoms with van der Waals surface area (Å²) in [7, 11) is -0.878. The molecule has 0 bridgehead atoms. The van der Waals surface area contributed by atoms with E-state index < -0.39 is 8.46 Å². The van der Waals surface area contributed by atoms with Crippen LogP contribution in [0, 0.1) is 0 Å². The molecule has 130 valence electrons. The molecular formula is C24H18NOP. The number of hydrogen-bond donors (Lipinski definition) is 0. The van der Waals surface area contributed by atoms with Gasteiger partial charge >= 0.3 is 0 Å². The minimum atomic E-state index is -0.878. The Bertz CT molecular complexity index is 1270. The highest BCUT2D eigenvalue weighted by molar-refractivity contribution is 7.34. The van der Waals surface area contributed by atoms with Gasteiger partial charge < -0.3 is 9.13 Å². The molecule has 0 aliphatic rings. The van der Waals surface area contributed by atoms with Crippen LogP contribution in [0.3, 0.4) is 0 Å². The van der Waals surface area contributed by atoms with Gasteiger partial charge in [0.25, 0.3) is 0 Å². The summed E-state index contributed by atoms with van der Waals surface area (Å²) >= 11 is 0. The topological polar surface area (TPSA) is 22.0 Å². The van der Waals surface area contributed by atoms with Gasteiger partial charge in [-0.2, -0.15) is 0 Å². The molecule has 0 radical (unpaired) electrons. The summed E-state index contributed by atoms with van der Waals surface area (Å²) < 4.78 is 13.4. The molecule has 27 heavy (non-hydrogen) atoms. The van der Waals surface area contributed by atoms with Crippen molar-refractivity contribution in [1.82, 2.24) is 4.57 Å². The normalized spacial score (nSPS) is 11.7. The molecule has 3 heteroatoms. The molecule has 1 heterocycles. The van der Waals surface area contributed by atoms with E-state index in [4.69, 9.17) is 0 Å². The highest BCUT2D eigenvalue weighted by atomic mass is 31.1. The standard InChI is InChI=1S/C24H18NOP/c26-27-20-13-10-17(11-14-20)18-12-15-24-22(16-18)21-8-4-5-9-23(21)25(24)19-6-2-1-3-7-19/h1-16H,27H2. The number of benzene rings is 4. The van der Waals surface area contributed by atoms with Crippen LogP contribution < -0.4 is 5.30 Å². The predicted molar refractivity (Wildman–Crippen MR) is 116 cm³/mol. The van der Waals surface area contributed by atoms with E-state index in [-0.39, 0.29) is 0 Å². The summed E-state index contributed by atoms with van der Waals surface area (Å²) in [6, 6.07) is 33.7. The first-order valence-electron chi connectivity index (χ1n) is 8.99. The van der Waals surface area contributed by atoms with Crippen molar-refractivity contribution in [2.24, 2.45) is 0 Å². The van der Waals surface area contributed by atoms with Crippen LogP contribution in [0.2, 0.25) is 0 Å². The molecule has 4 aromatic carbocycles. The quantitative estimate of drug-likeness (QED) is 0.368. The Kier molecular flexibility index (Phi) is 3.92. The zero-order valence-corrected chi connectivity index (χ0v) is 15.8. The first-order valence-corrected chi connectivity index (χ1v) is 10.0. The largest absolute Gasteiger partial charge is 0.325 e. The molecule has 1 unspecified atom stereocenters. The Hall–Kier alpha value is -3.09. The minimum Gasteiger partial charge on any atom is -0.325 e. The van der Waals surface area contributed by atoms with Gasteiger partial charge in [0, 0.05) is 21.8 Å². The van der Waals surface area contributed by atoms with Crippen molar-refractivity contribution in [2.45, 2.75) is 0 Å². The predicted octanol–water partition coefficient (Wildman–Crippen LogP) is 5.83. The molecule has 0 spiro atoms. The van der Waals surface area contributed by atoms with E-state index in [1.165, 1.54) is 33.1 Å². The third kappa shape index (κ3) is 2.70. The summed E-state index contributed by atoms with van der Waals surface area (Å²) in [5, 5.41) is 3.39. The lowest BCUT2D eigenvalue weighted by Gasteiger charge is -2.08. The third-order valence-corrected chi connectivity index (χ3v) is 5.72. The molecule has 0 saturated heterocycles. The van der Waals surface area contributed by atoms with Gasteiger partial charge in [0.15, 0.2) is 0 Å². The maximum absolute atomic E-state index is 11.1. The van der Waals surface area contributed by atoms with E-state index in [0.717, 1.165) is 10.9 Å². The second-order valence-electron chi connectivity index (χ2n) is 6.66. The number of rotatable bonds is 3. The van der Waals surface area contributed by atoms with Crippen LogP contribution in [0.4, 0.5) is 0 Å². The zero-order valence-electron chi connectivity index (χ0n) is 14.7. The van der Waals surface area contributed by atoms with Crippen molar-refractivity contribution in [2.75, 3.05) is 0 Å². The zero-order chi connectivity index (χ0) is 18.2. The first kappa shape index (κ1) is 16.1.